The van der Waals surface area contributed by atoms with Crippen molar-refractivity contribution in [3.8, 4) is 0 Å². The Morgan fingerprint density at radius 2 is 1.96 bits per heavy atom. The van der Waals surface area contributed by atoms with Crippen molar-refractivity contribution in [3.63, 3.8) is 0 Å². The molecule has 1 aliphatic heterocycles. The highest BCUT2D eigenvalue weighted by Gasteiger charge is 2.30. The van der Waals surface area contributed by atoms with Crippen molar-refractivity contribution in [1.29, 1.82) is 0 Å². The Labute approximate surface area is 145 Å². The Balaban J connectivity index is 2.01. The van der Waals surface area contributed by atoms with Crippen molar-refractivity contribution in [1.82, 2.24) is 20.0 Å². The van der Waals surface area contributed by atoms with Gasteiger partial charge in [0, 0.05) is 24.9 Å². The fourth-order valence-electron chi connectivity index (χ4n) is 3.58. The van der Waals surface area contributed by atoms with Gasteiger partial charge in [0.15, 0.2) is 0 Å². The van der Waals surface area contributed by atoms with Gasteiger partial charge in [0.1, 0.15) is 0 Å². The molecule has 0 aromatic carbocycles. The van der Waals surface area contributed by atoms with Crippen LogP contribution in [-0.2, 0) is 22.6 Å². The van der Waals surface area contributed by atoms with Crippen LogP contribution in [0.15, 0.2) is 0 Å². The minimum absolute atomic E-state index is 0.0309. The molecule has 0 saturated carbocycles. The van der Waals surface area contributed by atoms with E-state index in [2.05, 4.69) is 36.1 Å². The van der Waals surface area contributed by atoms with Gasteiger partial charge in [-0.2, -0.15) is 5.10 Å². The third kappa shape index (κ3) is 4.36. The summed E-state index contributed by atoms with van der Waals surface area (Å²) in [4.78, 5) is 15.1. The summed E-state index contributed by atoms with van der Waals surface area (Å²) in [5.41, 5.74) is 3.20. The molecule has 1 aliphatic rings. The lowest BCUT2D eigenvalue weighted by Crippen LogP contribution is -2.48. The van der Waals surface area contributed by atoms with Crippen LogP contribution in [-0.4, -0.2) is 53.4 Å². The molecule has 0 aliphatic carbocycles. The van der Waals surface area contributed by atoms with Crippen LogP contribution in [0, 0.1) is 19.8 Å². The van der Waals surface area contributed by atoms with Crippen molar-refractivity contribution in [3.05, 3.63) is 17.0 Å². The number of nitrogens with zero attached hydrogens (tertiary/aromatic N) is 3. The molecule has 0 bridgehead atoms. The van der Waals surface area contributed by atoms with Crippen LogP contribution < -0.4 is 5.32 Å². The van der Waals surface area contributed by atoms with Gasteiger partial charge in [-0.15, -0.1) is 0 Å². The van der Waals surface area contributed by atoms with E-state index in [0.29, 0.717) is 19.1 Å². The van der Waals surface area contributed by atoms with Crippen LogP contribution in [0.1, 0.15) is 43.6 Å². The average Bonchev–Trinajstić information content (AvgIpc) is 3.13. The standard InChI is InChI=1S/C18H32N4O2/c1-13(2)17(21-8-6-7-9-21)18(23)19-12-16-14(3)20-22(15(16)4)10-11-24-5/h13,17H,6-12H2,1-5H3,(H,19,23)/t17-/m1/s1. The van der Waals surface area contributed by atoms with E-state index in [9.17, 15) is 4.79 Å². The lowest BCUT2D eigenvalue weighted by Gasteiger charge is -2.29. The van der Waals surface area contributed by atoms with Gasteiger partial charge in [-0.3, -0.25) is 14.4 Å². The number of likely N-dealkylation sites (tertiary alicyclic amines) is 1. The molecule has 136 valence electrons. The molecule has 0 unspecified atom stereocenters. The summed E-state index contributed by atoms with van der Waals surface area (Å²) in [6, 6.07) is -0.0309. The molecular weight excluding hydrogens is 304 g/mol. The Morgan fingerprint density at radius 3 is 2.54 bits per heavy atom. The number of hydrogen-bond donors (Lipinski definition) is 1. The number of rotatable bonds is 8. The van der Waals surface area contributed by atoms with Crippen LogP contribution in [0.3, 0.4) is 0 Å². The average molecular weight is 336 g/mol. The second-order valence-corrected chi connectivity index (χ2v) is 7.02. The first-order valence-corrected chi connectivity index (χ1v) is 8.99. The maximum Gasteiger partial charge on any atom is 0.237 e. The third-order valence-corrected chi connectivity index (χ3v) is 4.91. The van der Waals surface area contributed by atoms with Crippen molar-refractivity contribution < 1.29 is 9.53 Å². The number of hydrogen-bond acceptors (Lipinski definition) is 4. The molecule has 0 radical (unpaired) electrons. The van der Waals surface area contributed by atoms with Crippen LogP contribution in [0.5, 0.6) is 0 Å². The molecule has 1 aromatic heterocycles. The first-order chi connectivity index (χ1) is 11.5. The van der Waals surface area contributed by atoms with E-state index in [-0.39, 0.29) is 11.9 Å². The first kappa shape index (κ1) is 18.9. The molecule has 1 saturated heterocycles. The predicted octanol–water partition coefficient (Wildman–Crippen LogP) is 1.88. The van der Waals surface area contributed by atoms with Crippen LogP contribution in [0.25, 0.3) is 0 Å². The first-order valence-electron chi connectivity index (χ1n) is 8.99. The highest BCUT2D eigenvalue weighted by atomic mass is 16.5. The van der Waals surface area contributed by atoms with E-state index in [1.54, 1.807) is 7.11 Å². The fraction of sp³-hybridized carbons (Fsp3) is 0.778. The topological polar surface area (TPSA) is 59.4 Å². The van der Waals surface area contributed by atoms with Gasteiger partial charge in [0.2, 0.25) is 5.91 Å². The number of carbonyl (C=O) groups is 1. The summed E-state index contributed by atoms with van der Waals surface area (Å²) in [5.74, 6) is 0.449. The molecule has 1 atom stereocenters. The van der Waals surface area contributed by atoms with Crippen LogP contribution in [0.2, 0.25) is 0 Å². The van der Waals surface area contributed by atoms with Gasteiger partial charge in [-0.25, -0.2) is 0 Å². The van der Waals surface area contributed by atoms with Gasteiger partial charge in [0.25, 0.3) is 0 Å². The lowest BCUT2D eigenvalue weighted by atomic mass is 10.0. The molecule has 1 N–H and O–H groups in total. The quantitative estimate of drug-likeness (QED) is 0.787. The van der Waals surface area contributed by atoms with Gasteiger partial charge in [-0.1, -0.05) is 13.8 Å². The van der Waals surface area contributed by atoms with Gasteiger partial charge < -0.3 is 10.1 Å². The molecule has 2 heterocycles. The monoisotopic (exact) mass is 336 g/mol. The Hall–Kier alpha value is -1.40. The van der Waals surface area contributed by atoms with E-state index >= 15 is 0 Å². The van der Waals surface area contributed by atoms with Gasteiger partial charge in [-0.05, 0) is 45.7 Å². The summed E-state index contributed by atoms with van der Waals surface area (Å²) in [6.07, 6.45) is 2.39. The zero-order valence-corrected chi connectivity index (χ0v) is 15.8. The van der Waals surface area contributed by atoms with E-state index in [1.165, 1.54) is 12.8 Å². The summed E-state index contributed by atoms with van der Waals surface area (Å²) in [5, 5.41) is 7.70. The molecule has 2 rings (SSSR count). The fourth-order valence-corrected chi connectivity index (χ4v) is 3.58. The second kappa shape index (κ2) is 8.62. The molecule has 6 heteroatoms. The second-order valence-electron chi connectivity index (χ2n) is 7.02. The van der Waals surface area contributed by atoms with Crippen molar-refractivity contribution in [2.45, 2.75) is 59.7 Å². The molecule has 1 fully saturated rings. The zero-order chi connectivity index (χ0) is 17.7. The highest BCUT2D eigenvalue weighted by molar-refractivity contribution is 5.82. The summed E-state index contributed by atoms with van der Waals surface area (Å²) >= 11 is 0. The molecule has 6 nitrogen and oxygen atoms in total. The van der Waals surface area contributed by atoms with E-state index in [1.807, 2.05) is 11.6 Å². The molecule has 0 spiro atoms. The van der Waals surface area contributed by atoms with Gasteiger partial charge in [0.05, 0.1) is 24.9 Å². The number of ether oxygens (including phenoxy) is 1. The lowest BCUT2D eigenvalue weighted by molar-refractivity contribution is -0.127. The Morgan fingerprint density at radius 1 is 1.29 bits per heavy atom. The molecule has 24 heavy (non-hydrogen) atoms. The number of carbonyl (C=O) groups excluding carboxylic acids is 1. The minimum atomic E-state index is -0.0309. The van der Waals surface area contributed by atoms with Crippen molar-refractivity contribution in [2.24, 2.45) is 5.92 Å². The maximum atomic E-state index is 12.7. The number of amides is 1. The normalized spacial score (nSPS) is 16.8. The Kier molecular flexibility index (Phi) is 6.80. The van der Waals surface area contributed by atoms with E-state index in [4.69, 9.17) is 4.74 Å². The third-order valence-electron chi connectivity index (χ3n) is 4.91. The maximum absolute atomic E-state index is 12.7. The van der Waals surface area contributed by atoms with Crippen LogP contribution >= 0.6 is 0 Å². The minimum Gasteiger partial charge on any atom is -0.383 e. The molecule has 1 aromatic rings. The number of nitrogens with one attached hydrogen (secondary N) is 1. The van der Waals surface area contributed by atoms with Gasteiger partial charge >= 0.3 is 0 Å². The number of aryl methyl sites for hydroxylation is 1. The number of methoxy groups -OCH3 is 1. The van der Waals surface area contributed by atoms with E-state index < -0.39 is 0 Å². The molecule has 1 amide bonds. The summed E-state index contributed by atoms with van der Waals surface area (Å²) in [6.45, 7) is 12.3. The molecular formula is C18H32N4O2. The SMILES string of the molecule is COCCn1nc(C)c(CNC(=O)[C@@H](C(C)C)N2CCCC2)c1C. The van der Waals surface area contributed by atoms with Crippen molar-refractivity contribution >= 4 is 5.91 Å². The smallest absolute Gasteiger partial charge is 0.237 e. The number of aromatic nitrogens is 2. The largest absolute Gasteiger partial charge is 0.383 e. The highest BCUT2D eigenvalue weighted by Crippen LogP contribution is 2.19. The predicted molar refractivity (Wildman–Crippen MR) is 94.9 cm³/mol. The summed E-state index contributed by atoms with van der Waals surface area (Å²) < 4.78 is 7.09. The zero-order valence-electron chi connectivity index (χ0n) is 15.8. The Bertz CT molecular complexity index is 547. The van der Waals surface area contributed by atoms with Crippen molar-refractivity contribution in [2.75, 3.05) is 26.8 Å². The van der Waals surface area contributed by atoms with Crippen LogP contribution in [0.4, 0.5) is 0 Å². The summed E-state index contributed by atoms with van der Waals surface area (Å²) in [7, 11) is 1.69. The van der Waals surface area contributed by atoms with E-state index in [0.717, 1.165) is 36.6 Å².